The minimum Gasteiger partial charge on any atom is -0.299 e. The summed E-state index contributed by atoms with van der Waals surface area (Å²) in [4.78, 5) is 40.5. The molecule has 2 aromatic heterocycles. The summed E-state index contributed by atoms with van der Waals surface area (Å²) in [6.07, 6.45) is 2.21. The van der Waals surface area contributed by atoms with Crippen LogP contribution in [0.1, 0.15) is 25.2 Å². The molecule has 0 aliphatic rings. The molecule has 0 atom stereocenters. The Bertz CT molecular complexity index is 908. The molecule has 0 aliphatic carbocycles. The van der Waals surface area contributed by atoms with Crippen LogP contribution in [0.5, 0.6) is 0 Å². The van der Waals surface area contributed by atoms with Crippen molar-refractivity contribution in [1.29, 1.82) is 0 Å². The number of aromatic nitrogens is 4. The molecular formula is C15H19IN4O3. The molecule has 0 N–H and O–H groups in total. The van der Waals surface area contributed by atoms with Crippen LogP contribution >= 0.6 is 22.6 Å². The highest BCUT2D eigenvalue weighted by atomic mass is 127. The predicted octanol–water partition coefficient (Wildman–Crippen LogP) is 0.492. The van der Waals surface area contributed by atoms with Crippen molar-refractivity contribution in [3.8, 4) is 0 Å². The Hall–Kier alpha value is -1.71. The Balaban J connectivity index is 2.47. The Morgan fingerprint density at radius 3 is 2.43 bits per heavy atom. The second-order valence-corrected chi connectivity index (χ2v) is 6.99. The summed E-state index contributed by atoms with van der Waals surface area (Å²) in [6, 6.07) is 1.36. The highest BCUT2D eigenvalue weighted by molar-refractivity contribution is 14.1. The summed E-state index contributed by atoms with van der Waals surface area (Å²) in [7, 11) is 3.00. The van der Waals surface area contributed by atoms with Gasteiger partial charge in [-0.05, 0) is 34.9 Å². The third-order valence-electron chi connectivity index (χ3n) is 3.61. The smallest absolute Gasteiger partial charge is 0.299 e. The van der Waals surface area contributed by atoms with Crippen molar-refractivity contribution < 1.29 is 0 Å². The third-order valence-corrected chi connectivity index (χ3v) is 4.70. The van der Waals surface area contributed by atoms with E-state index in [1.807, 2.05) is 22.6 Å². The van der Waals surface area contributed by atoms with Crippen LogP contribution in [0.3, 0.4) is 0 Å². The molecule has 7 nitrogen and oxygen atoms in total. The lowest BCUT2D eigenvalue weighted by Gasteiger charge is -2.13. The minimum atomic E-state index is -0.417. The molecule has 0 fully saturated rings. The van der Waals surface area contributed by atoms with Gasteiger partial charge in [-0.3, -0.25) is 23.3 Å². The van der Waals surface area contributed by atoms with Crippen molar-refractivity contribution in [2.24, 2.45) is 20.0 Å². The van der Waals surface area contributed by atoms with Crippen molar-refractivity contribution in [1.82, 2.24) is 18.7 Å². The molecule has 0 spiro atoms. The first-order valence-corrected chi connectivity index (χ1v) is 8.30. The van der Waals surface area contributed by atoms with E-state index < -0.39 is 11.2 Å². The van der Waals surface area contributed by atoms with Gasteiger partial charge in [0.05, 0.1) is 22.1 Å². The predicted molar refractivity (Wildman–Crippen MR) is 95.8 cm³/mol. The molecule has 0 unspecified atom stereocenters. The lowest BCUT2D eigenvalue weighted by Crippen LogP contribution is -2.39. The minimum absolute atomic E-state index is 0.131. The summed E-state index contributed by atoms with van der Waals surface area (Å²) < 4.78 is 4.38. The molecule has 0 bridgehead atoms. The van der Waals surface area contributed by atoms with Gasteiger partial charge < -0.3 is 0 Å². The van der Waals surface area contributed by atoms with E-state index in [9.17, 15) is 14.4 Å². The molecule has 0 aromatic carbocycles. The fraction of sp³-hybridized carbons (Fsp3) is 0.467. The monoisotopic (exact) mass is 430 g/mol. The fourth-order valence-corrected chi connectivity index (χ4v) is 2.91. The maximum atomic E-state index is 12.5. The summed E-state index contributed by atoms with van der Waals surface area (Å²) in [5, 5.41) is 0. The first kappa shape index (κ1) is 17.6. The van der Waals surface area contributed by atoms with Gasteiger partial charge in [-0.1, -0.05) is 13.8 Å². The van der Waals surface area contributed by atoms with Crippen molar-refractivity contribution in [2.45, 2.75) is 26.8 Å². The van der Waals surface area contributed by atoms with Crippen LogP contribution in [0.15, 0.2) is 26.8 Å². The standard InChI is InChI=1S/C15H19IN4O3/c1-9(2)5-11-13(16)14(22)20(8-17-11)7-10-6-12(21)19(4)15(23)18(10)3/h6,8-9H,5,7H2,1-4H3. The van der Waals surface area contributed by atoms with E-state index in [1.54, 1.807) is 7.05 Å². The number of nitrogens with zero attached hydrogens (tertiary/aromatic N) is 4. The zero-order valence-corrected chi connectivity index (χ0v) is 15.7. The van der Waals surface area contributed by atoms with Crippen LogP contribution in [0.2, 0.25) is 0 Å². The quantitative estimate of drug-likeness (QED) is 0.662. The Kier molecular flexibility index (Phi) is 5.23. The van der Waals surface area contributed by atoms with Crippen molar-refractivity contribution in [3.05, 3.63) is 58.5 Å². The zero-order chi connectivity index (χ0) is 17.3. The van der Waals surface area contributed by atoms with Gasteiger partial charge in [-0.15, -0.1) is 0 Å². The molecule has 8 heteroatoms. The highest BCUT2D eigenvalue weighted by Gasteiger charge is 2.12. The first-order valence-electron chi connectivity index (χ1n) is 7.22. The van der Waals surface area contributed by atoms with E-state index >= 15 is 0 Å². The van der Waals surface area contributed by atoms with Crippen LogP contribution in [0, 0.1) is 9.49 Å². The third kappa shape index (κ3) is 3.62. The van der Waals surface area contributed by atoms with Gasteiger partial charge in [-0.25, -0.2) is 9.78 Å². The molecule has 0 saturated carbocycles. The molecule has 23 heavy (non-hydrogen) atoms. The van der Waals surface area contributed by atoms with Gasteiger partial charge in [0.25, 0.3) is 11.1 Å². The van der Waals surface area contributed by atoms with Crippen molar-refractivity contribution in [3.63, 3.8) is 0 Å². The van der Waals surface area contributed by atoms with Gasteiger partial charge in [-0.2, -0.15) is 0 Å². The number of hydrogen-bond donors (Lipinski definition) is 0. The summed E-state index contributed by atoms with van der Waals surface area (Å²) in [6.45, 7) is 4.27. The number of hydrogen-bond acceptors (Lipinski definition) is 4. The number of halogens is 1. The lowest BCUT2D eigenvalue weighted by atomic mass is 10.1. The lowest BCUT2D eigenvalue weighted by molar-refractivity contribution is 0.597. The van der Waals surface area contributed by atoms with Crippen LogP contribution in [-0.4, -0.2) is 18.7 Å². The molecule has 0 aliphatic heterocycles. The normalized spacial score (nSPS) is 11.2. The first-order chi connectivity index (χ1) is 10.7. The molecule has 2 heterocycles. The molecule has 0 radical (unpaired) electrons. The Morgan fingerprint density at radius 2 is 1.83 bits per heavy atom. The highest BCUT2D eigenvalue weighted by Crippen LogP contribution is 2.10. The number of rotatable bonds is 4. The van der Waals surface area contributed by atoms with E-state index in [0.29, 0.717) is 15.2 Å². The van der Waals surface area contributed by atoms with Crippen LogP contribution < -0.4 is 16.8 Å². The van der Waals surface area contributed by atoms with Crippen LogP contribution in [0.4, 0.5) is 0 Å². The molecule has 0 amide bonds. The Labute approximate surface area is 146 Å². The van der Waals surface area contributed by atoms with Crippen LogP contribution in [0.25, 0.3) is 0 Å². The largest absolute Gasteiger partial charge is 0.330 e. The topological polar surface area (TPSA) is 78.9 Å². The fourth-order valence-electron chi connectivity index (χ4n) is 2.24. The maximum absolute atomic E-state index is 12.5. The summed E-state index contributed by atoms with van der Waals surface area (Å²) in [5.74, 6) is 0.407. The van der Waals surface area contributed by atoms with Gasteiger partial charge in [0.1, 0.15) is 0 Å². The molecule has 124 valence electrons. The van der Waals surface area contributed by atoms with Gasteiger partial charge in [0.2, 0.25) is 0 Å². The summed E-state index contributed by atoms with van der Waals surface area (Å²) in [5.41, 5.74) is 0.272. The van der Waals surface area contributed by atoms with Gasteiger partial charge in [0, 0.05) is 25.9 Å². The second kappa shape index (κ2) is 6.81. The molecule has 2 aromatic rings. The van der Waals surface area contributed by atoms with Crippen molar-refractivity contribution in [2.75, 3.05) is 0 Å². The molecular weight excluding hydrogens is 411 g/mol. The average molecular weight is 430 g/mol. The maximum Gasteiger partial charge on any atom is 0.330 e. The zero-order valence-electron chi connectivity index (χ0n) is 13.5. The van der Waals surface area contributed by atoms with Gasteiger partial charge in [0.15, 0.2) is 0 Å². The van der Waals surface area contributed by atoms with E-state index in [4.69, 9.17) is 0 Å². The average Bonchev–Trinajstić information content (AvgIpc) is 2.49. The Morgan fingerprint density at radius 1 is 1.17 bits per heavy atom. The van der Waals surface area contributed by atoms with Crippen molar-refractivity contribution >= 4 is 22.6 Å². The second-order valence-electron chi connectivity index (χ2n) is 5.91. The SMILES string of the molecule is CC(C)Cc1ncn(Cc2cc(=O)n(C)c(=O)n2C)c(=O)c1I. The van der Waals surface area contributed by atoms with E-state index in [0.717, 1.165) is 16.7 Å². The van der Waals surface area contributed by atoms with Gasteiger partial charge >= 0.3 is 5.69 Å². The van der Waals surface area contributed by atoms with E-state index in [-0.39, 0.29) is 12.1 Å². The van der Waals surface area contributed by atoms with Crippen LogP contribution in [-0.2, 0) is 27.1 Å². The molecule has 2 rings (SSSR count). The summed E-state index contributed by atoms with van der Waals surface area (Å²) >= 11 is 2.00. The van der Waals surface area contributed by atoms with E-state index in [1.165, 1.54) is 28.6 Å². The van der Waals surface area contributed by atoms with E-state index in [2.05, 4.69) is 18.8 Å². The molecule has 0 saturated heterocycles.